The summed E-state index contributed by atoms with van der Waals surface area (Å²) in [5.41, 5.74) is 3.60. The normalized spacial score (nSPS) is 17.9. The number of benzene rings is 1. The van der Waals surface area contributed by atoms with Crippen LogP contribution in [-0.4, -0.2) is 36.1 Å². The summed E-state index contributed by atoms with van der Waals surface area (Å²) in [6.07, 6.45) is 6.65. The molecule has 0 fully saturated rings. The molecule has 160 valence electrons. The average Bonchev–Trinajstić information content (AvgIpc) is 3.05. The first-order chi connectivity index (χ1) is 14.9. The summed E-state index contributed by atoms with van der Waals surface area (Å²) < 4.78 is 5.51. The SMILES string of the molecule is C/C=C(\C=C/C1=CC(=O)C(c2ccc3cc(C(C)C)ccc3n2)C1=O)C(=NC)OCC. The Morgan fingerprint density at radius 2 is 2.00 bits per heavy atom. The molecule has 3 rings (SSSR count). The molecule has 5 nitrogen and oxygen atoms in total. The van der Waals surface area contributed by atoms with Crippen molar-refractivity contribution >= 4 is 28.4 Å². The predicted octanol–water partition coefficient (Wildman–Crippen LogP) is 5.09. The Bertz CT molecular complexity index is 1140. The molecule has 1 atom stereocenters. The summed E-state index contributed by atoms with van der Waals surface area (Å²) in [6, 6.07) is 9.80. The van der Waals surface area contributed by atoms with Crippen molar-refractivity contribution in [2.45, 2.75) is 39.5 Å². The van der Waals surface area contributed by atoms with Crippen LogP contribution in [0.4, 0.5) is 0 Å². The quantitative estimate of drug-likeness (QED) is 0.285. The van der Waals surface area contributed by atoms with E-state index in [0.717, 1.165) is 16.5 Å². The van der Waals surface area contributed by atoms with Crippen LogP contribution in [0.25, 0.3) is 10.9 Å². The van der Waals surface area contributed by atoms with E-state index in [1.165, 1.54) is 11.6 Å². The molecule has 0 saturated carbocycles. The maximum Gasteiger partial charge on any atom is 0.215 e. The molecular formula is C26H28N2O3. The number of hydrogen-bond donors (Lipinski definition) is 0. The second-order valence-electron chi connectivity index (χ2n) is 7.68. The van der Waals surface area contributed by atoms with Crippen LogP contribution in [-0.2, 0) is 14.3 Å². The standard InChI is InChI=1S/C26H28N2O3/c1-6-17(26(27-5)31-7-2)8-9-20-15-23(29)24(25(20)30)22-13-11-19-14-18(16(3)4)10-12-21(19)28-22/h6,8-16,24H,7H2,1-5H3/b9-8-,17-6+,27-26?. The highest BCUT2D eigenvalue weighted by molar-refractivity contribution is 6.26. The lowest BCUT2D eigenvalue weighted by atomic mass is 9.96. The van der Waals surface area contributed by atoms with Gasteiger partial charge in [0, 0.05) is 23.6 Å². The fraction of sp³-hybridized carbons (Fsp3) is 0.308. The van der Waals surface area contributed by atoms with E-state index in [9.17, 15) is 9.59 Å². The van der Waals surface area contributed by atoms with E-state index in [1.54, 1.807) is 25.3 Å². The number of carbonyl (C=O) groups is 2. The summed E-state index contributed by atoms with van der Waals surface area (Å²) >= 11 is 0. The number of rotatable bonds is 6. The number of aromatic nitrogens is 1. The zero-order valence-corrected chi connectivity index (χ0v) is 18.7. The van der Waals surface area contributed by atoms with E-state index in [-0.39, 0.29) is 11.6 Å². The first kappa shape index (κ1) is 22.3. The van der Waals surface area contributed by atoms with Crippen LogP contribution in [0.3, 0.4) is 0 Å². The number of pyridine rings is 1. The van der Waals surface area contributed by atoms with Crippen LogP contribution in [0.15, 0.2) is 70.8 Å². The van der Waals surface area contributed by atoms with Gasteiger partial charge in [-0.15, -0.1) is 0 Å². The van der Waals surface area contributed by atoms with Crippen molar-refractivity contribution in [2.75, 3.05) is 13.7 Å². The van der Waals surface area contributed by atoms with E-state index in [4.69, 9.17) is 4.74 Å². The molecule has 0 radical (unpaired) electrons. The third-order valence-electron chi connectivity index (χ3n) is 5.31. The maximum absolute atomic E-state index is 13.0. The highest BCUT2D eigenvalue weighted by Gasteiger charge is 2.35. The van der Waals surface area contributed by atoms with Crippen LogP contribution in [0.1, 0.15) is 50.8 Å². The van der Waals surface area contributed by atoms with Gasteiger partial charge in [-0.05, 0) is 55.7 Å². The van der Waals surface area contributed by atoms with E-state index >= 15 is 0 Å². The lowest BCUT2D eigenvalue weighted by Gasteiger charge is -2.10. The molecule has 1 aromatic heterocycles. The van der Waals surface area contributed by atoms with Crippen LogP contribution >= 0.6 is 0 Å². The minimum absolute atomic E-state index is 0.242. The van der Waals surface area contributed by atoms with Crippen LogP contribution in [0, 0.1) is 0 Å². The summed E-state index contributed by atoms with van der Waals surface area (Å²) in [6.45, 7) is 8.53. The van der Waals surface area contributed by atoms with Crippen molar-refractivity contribution in [1.29, 1.82) is 0 Å². The number of fused-ring (bicyclic) bond motifs is 1. The summed E-state index contributed by atoms with van der Waals surface area (Å²) in [5, 5.41) is 1.00. The molecule has 0 aliphatic heterocycles. The van der Waals surface area contributed by atoms with E-state index in [1.807, 2.05) is 38.1 Å². The molecular weight excluding hydrogens is 388 g/mol. The molecule has 1 aliphatic carbocycles. The molecule has 31 heavy (non-hydrogen) atoms. The number of ether oxygens (including phenoxy) is 1. The Morgan fingerprint density at radius 1 is 1.23 bits per heavy atom. The molecule has 0 spiro atoms. The second kappa shape index (κ2) is 9.65. The van der Waals surface area contributed by atoms with Gasteiger partial charge in [0.2, 0.25) is 5.90 Å². The maximum atomic E-state index is 13.0. The molecule has 2 aromatic rings. The summed E-state index contributed by atoms with van der Waals surface area (Å²) in [7, 11) is 1.65. The minimum atomic E-state index is -0.894. The van der Waals surface area contributed by atoms with Crippen molar-refractivity contribution in [3.63, 3.8) is 0 Å². The Hall–Kier alpha value is -3.34. The van der Waals surface area contributed by atoms with Crippen LogP contribution in [0.5, 0.6) is 0 Å². The molecule has 1 unspecified atom stereocenters. The van der Waals surface area contributed by atoms with Gasteiger partial charge in [-0.25, -0.2) is 0 Å². The Balaban J connectivity index is 1.85. The minimum Gasteiger partial charge on any atom is -0.478 e. The van der Waals surface area contributed by atoms with Crippen LogP contribution < -0.4 is 0 Å². The van der Waals surface area contributed by atoms with Gasteiger partial charge in [-0.2, -0.15) is 0 Å². The molecule has 0 bridgehead atoms. The molecule has 5 heteroatoms. The van der Waals surface area contributed by atoms with Gasteiger partial charge in [-0.3, -0.25) is 19.6 Å². The highest BCUT2D eigenvalue weighted by Crippen LogP contribution is 2.30. The van der Waals surface area contributed by atoms with Gasteiger partial charge in [0.25, 0.3) is 0 Å². The molecule has 1 aromatic carbocycles. The van der Waals surface area contributed by atoms with E-state index in [0.29, 0.717) is 29.7 Å². The van der Waals surface area contributed by atoms with Crippen molar-refractivity contribution in [3.05, 3.63) is 77.0 Å². The Labute approximate surface area is 183 Å². The van der Waals surface area contributed by atoms with Gasteiger partial charge in [-0.1, -0.05) is 38.1 Å². The molecule has 1 aliphatic rings. The number of ketones is 2. The van der Waals surface area contributed by atoms with Crippen molar-refractivity contribution in [3.8, 4) is 0 Å². The van der Waals surface area contributed by atoms with Gasteiger partial charge < -0.3 is 4.74 Å². The largest absolute Gasteiger partial charge is 0.478 e. The summed E-state index contributed by atoms with van der Waals surface area (Å²) in [5.74, 6) is -0.467. The predicted molar refractivity (Wildman–Crippen MR) is 125 cm³/mol. The highest BCUT2D eigenvalue weighted by atomic mass is 16.5. The van der Waals surface area contributed by atoms with Crippen molar-refractivity contribution in [2.24, 2.45) is 4.99 Å². The lowest BCUT2D eigenvalue weighted by molar-refractivity contribution is -0.122. The van der Waals surface area contributed by atoms with Crippen molar-refractivity contribution < 1.29 is 14.3 Å². The fourth-order valence-corrected chi connectivity index (χ4v) is 3.58. The molecule has 1 heterocycles. The van der Waals surface area contributed by atoms with Gasteiger partial charge in [0.15, 0.2) is 11.6 Å². The second-order valence-corrected chi connectivity index (χ2v) is 7.68. The monoisotopic (exact) mass is 416 g/mol. The zero-order valence-electron chi connectivity index (χ0n) is 18.7. The number of nitrogens with zero attached hydrogens (tertiary/aromatic N) is 2. The Morgan fingerprint density at radius 3 is 2.65 bits per heavy atom. The molecule has 0 saturated heterocycles. The van der Waals surface area contributed by atoms with Gasteiger partial charge in [0.1, 0.15) is 5.92 Å². The topological polar surface area (TPSA) is 68.6 Å². The van der Waals surface area contributed by atoms with Crippen LogP contribution in [0.2, 0.25) is 0 Å². The number of aliphatic imine (C=N–C) groups is 1. The number of allylic oxidation sites excluding steroid dienone is 4. The van der Waals surface area contributed by atoms with E-state index in [2.05, 4.69) is 29.9 Å². The zero-order chi connectivity index (χ0) is 22.5. The number of Topliss-reactive ketones (excluding diaryl/α,β-unsaturated/α-hetero) is 1. The van der Waals surface area contributed by atoms with Crippen molar-refractivity contribution in [1.82, 2.24) is 4.98 Å². The number of carbonyl (C=O) groups excluding carboxylic acids is 2. The average molecular weight is 417 g/mol. The first-order valence-corrected chi connectivity index (χ1v) is 10.5. The number of hydrogen-bond acceptors (Lipinski definition) is 5. The lowest BCUT2D eigenvalue weighted by Crippen LogP contribution is -2.16. The first-order valence-electron chi connectivity index (χ1n) is 10.5. The third-order valence-corrected chi connectivity index (χ3v) is 5.31. The van der Waals surface area contributed by atoms with Gasteiger partial charge in [0.05, 0.1) is 17.8 Å². The molecule has 0 N–H and O–H groups in total. The Kier molecular flexibility index (Phi) is 6.95. The van der Waals surface area contributed by atoms with E-state index < -0.39 is 5.92 Å². The van der Waals surface area contributed by atoms with Gasteiger partial charge >= 0.3 is 0 Å². The smallest absolute Gasteiger partial charge is 0.215 e. The third kappa shape index (κ3) is 4.71. The summed E-state index contributed by atoms with van der Waals surface area (Å²) in [4.78, 5) is 34.4. The fourth-order valence-electron chi connectivity index (χ4n) is 3.58. The molecule has 0 amide bonds.